The molecule has 2 aromatic rings. The van der Waals surface area contributed by atoms with Crippen molar-refractivity contribution < 1.29 is 18.3 Å². The molecule has 15 heavy (non-hydrogen) atoms. The molecule has 0 fully saturated rings. The molecular weight excluding hydrogens is 202 g/mol. The molecule has 0 saturated carbocycles. The highest BCUT2D eigenvalue weighted by molar-refractivity contribution is 5.82. The Balaban J connectivity index is 2.76. The SMILES string of the molecule is CC(CO)c1c(F)cc(F)c2occc12. The Labute approximate surface area is 85.1 Å². The maximum Gasteiger partial charge on any atom is 0.169 e. The first-order chi connectivity index (χ1) is 7.15. The quantitative estimate of drug-likeness (QED) is 0.830. The van der Waals surface area contributed by atoms with Gasteiger partial charge in [0.2, 0.25) is 0 Å². The highest BCUT2D eigenvalue weighted by Gasteiger charge is 2.18. The number of halogens is 2. The summed E-state index contributed by atoms with van der Waals surface area (Å²) < 4.78 is 31.6. The van der Waals surface area contributed by atoms with Crippen molar-refractivity contribution in [2.75, 3.05) is 6.61 Å². The maximum atomic E-state index is 13.5. The molecule has 1 aromatic heterocycles. The van der Waals surface area contributed by atoms with Crippen molar-refractivity contribution in [2.24, 2.45) is 0 Å². The second-order valence-electron chi connectivity index (χ2n) is 3.50. The van der Waals surface area contributed by atoms with Crippen molar-refractivity contribution in [3.63, 3.8) is 0 Å². The van der Waals surface area contributed by atoms with Gasteiger partial charge in [0, 0.05) is 29.5 Å². The lowest BCUT2D eigenvalue weighted by molar-refractivity contribution is 0.271. The van der Waals surface area contributed by atoms with Gasteiger partial charge in [0.15, 0.2) is 11.4 Å². The van der Waals surface area contributed by atoms with Gasteiger partial charge in [-0.2, -0.15) is 0 Å². The summed E-state index contributed by atoms with van der Waals surface area (Å²) in [7, 11) is 0. The molecule has 4 heteroatoms. The predicted molar refractivity (Wildman–Crippen MR) is 51.6 cm³/mol. The van der Waals surface area contributed by atoms with Crippen LogP contribution >= 0.6 is 0 Å². The summed E-state index contributed by atoms with van der Waals surface area (Å²) in [6, 6.07) is 2.29. The van der Waals surface area contributed by atoms with Crippen molar-refractivity contribution in [1.29, 1.82) is 0 Å². The van der Waals surface area contributed by atoms with Crippen molar-refractivity contribution in [3.8, 4) is 0 Å². The summed E-state index contributed by atoms with van der Waals surface area (Å²) in [4.78, 5) is 0. The van der Waals surface area contributed by atoms with E-state index < -0.39 is 11.6 Å². The van der Waals surface area contributed by atoms with Gasteiger partial charge < -0.3 is 9.52 Å². The van der Waals surface area contributed by atoms with E-state index in [1.165, 1.54) is 12.3 Å². The number of fused-ring (bicyclic) bond motifs is 1. The number of hydrogen-bond acceptors (Lipinski definition) is 2. The molecule has 2 nitrogen and oxygen atoms in total. The Hall–Kier alpha value is -1.42. The third-order valence-electron chi connectivity index (χ3n) is 2.45. The van der Waals surface area contributed by atoms with Crippen LogP contribution < -0.4 is 0 Å². The van der Waals surface area contributed by atoms with E-state index in [1.807, 2.05) is 0 Å². The summed E-state index contributed by atoms with van der Waals surface area (Å²) in [6.07, 6.45) is 1.31. The van der Waals surface area contributed by atoms with Crippen LogP contribution in [0.2, 0.25) is 0 Å². The monoisotopic (exact) mass is 212 g/mol. The molecule has 1 N–H and O–H groups in total. The second kappa shape index (κ2) is 3.62. The van der Waals surface area contributed by atoms with Crippen LogP contribution in [0, 0.1) is 11.6 Å². The van der Waals surface area contributed by atoms with Crippen LogP contribution in [0.25, 0.3) is 11.0 Å². The zero-order valence-electron chi connectivity index (χ0n) is 8.13. The molecule has 1 unspecified atom stereocenters. The number of aliphatic hydroxyl groups is 1. The number of hydrogen-bond donors (Lipinski definition) is 1. The van der Waals surface area contributed by atoms with Crippen LogP contribution in [0.3, 0.4) is 0 Å². The Kier molecular flexibility index (Phi) is 2.44. The highest BCUT2D eigenvalue weighted by Crippen LogP contribution is 2.30. The van der Waals surface area contributed by atoms with Crippen molar-refractivity contribution in [1.82, 2.24) is 0 Å². The molecule has 1 aromatic carbocycles. The normalized spacial score (nSPS) is 13.3. The van der Waals surface area contributed by atoms with E-state index in [4.69, 9.17) is 9.52 Å². The Morgan fingerprint density at radius 2 is 2.13 bits per heavy atom. The van der Waals surface area contributed by atoms with Crippen LogP contribution in [0.4, 0.5) is 8.78 Å². The van der Waals surface area contributed by atoms with Gasteiger partial charge in [-0.3, -0.25) is 0 Å². The van der Waals surface area contributed by atoms with Gasteiger partial charge in [-0.15, -0.1) is 0 Å². The van der Waals surface area contributed by atoms with Crippen molar-refractivity contribution in [3.05, 3.63) is 35.6 Å². The minimum atomic E-state index is -0.721. The van der Waals surface area contributed by atoms with Crippen molar-refractivity contribution >= 4 is 11.0 Å². The van der Waals surface area contributed by atoms with Crippen LogP contribution in [0.5, 0.6) is 0 Å². The minimum Gasteiger partial charge on any atom is -0.461 e. The first-order valence-corrected chi connectivity index (χ1v) is 4.61. The van der Waals surface area contributed by atoms with Crippen LogP contribution in [-0.2, 0) is 0 Å². The fraction of sp³-hybridized carbons (Fsp3) is 0.273. The van der Waals surface area contributed by atoms with Gasteiger partial charge in [0.1, 0.15) is 5.82 Å². The van der Waals surface area contributed by atoms with E-state index >= 15 is 0 Å². The number of aliphatic hydroxyl groups excluding tert-OH is 1. The van der Waals surface area contributed by atoms with E-state index in [1.54, 1.807) is 6.92 Å². The lowest BCUT2D eigenvalue weighted by Gasteiger charge is -2.10. The summed E-state index contributed by atoms with van der Waals surface area (Å²) in [5, 5.41) is 9.37. The standard InChI is InChI=1S/C11H10F2O2/c1-6(5-14)10-7-2-3-15-11(7)9(13)4-8(10)12/h2-4,6,14H,5H2,1H3. The number of benzene rings is 1. The molecule has 80 valence electrons. The van der Waals surface area contributed by atoms with Gasteiger partial charge in [-0.25, -0.2) is 8.78 Å². The van der Waals surface area contributed by atoms with Gasteiger partial charge in [0.25, 0.3) is 0 Å². The molecule has 1 atom stereocenters. The van der Waals surface area contributed by atoms with E-state index in [0.717, 1.165) is 6.07 Å². The Morgan fingerprint density at radius 3 is 2.80 bits per heavy atom. The summed E-state index contributed by atoms with van der Waals surface area (Å²) >= 11 is 0. The molecule has 2 rings (SSSR count). The van der Waals surface area contributed by atoms with Crippen LogP contribution in [0.1, 0.15) is 18.4 Å². The van der Waals surface area contributed by atoms with Crippen molar-refractivity contribution in [2.45, 2.75) is 12.8 Å². The summed E-state index contributed by atoms with van der Waals surface area (Å²) in [5.41, 5.74) is 0.328. The third kappa shape index (κ3) is 1.51. The zero-order valence-corrected chi connectivity index (χ0v) is 8.13. The molecule has 0 bridgehead atoms. The molecular formula is C11H10F2O2. The van der Waals surface area contributed by atoms with E-state index in [2.05, 4.69) is 0 Å². The van der Waals surface area contributed by atoms with Crippen LogP contribution in [-0.4, -0.2) is 11.7 Å². The highest BCUT2D eigenvalue weighted by atomic mass is 19.1. The zero-order chi connectivity index (χ0) is 11.0. The van der Waals surface area contributed by atoms with E-state index in [0.29, 0.717) is 10.9 Å². The van der Waals surface area contributed by atoms with E-state index in [9.17, 15) is 8.78 Å². The second-order valence-corrected chi connectivity index (χ2v) is 3.50. The first-order valence-electron chi connectivity index (χ1n) is 4.61. The average Bonchev–Trinajstić information content (AvgIpc) is 2.66. The van der Waals surface area contributed by atoms with Gasteiger partial charge in [-0.1, -0.05) is 6.92 Å². The van der Waals surface area contributed by atoms with E-state index in [-0.39, 0.29) is 18.1 Å². The number of rotatable bonds is 2. The predicted octanol–water partition coefficient (Wildman–Crippen LogP) is 2.81. The fourth-order valence-corrected chi connectivity index (χ4v) is 1.68. The molecule has 0 spiro atoms. The smallest absolute Gasteiger partial charge is 0.169 e. The number of furan rings is 1. The molecule has 0 amide bonds. The molecule has 0 aliphatic heterocycles. The van der Waals surface area contributed by atoms with Crippen LogP contribution in [0.15, 0.2) is 22.8 Å². The lowest BCUT2D eigenvalue weighted by atomic mass is 9.97. The molecule has 0 aliphatic carbocycles. The summed E-state index contributed by atoms with van der Waals surface area (Å²) in [5.74, 6) is -1.75. The Bertz CT molecular complexity index is 491. The Morgan fingerprint density at radius 1 is 1.40 bits per heavy atom. The molecule has 0 radical (unpaired) electrons. The largest absolute Gasteiger partial charge is 0.461 e. The topological polar surface area (TPSA) is 33.4 Å². The average molecular weight is 212 g/mol. The summed E-state index contributed by atoms with van der Waals surface area (Å²) in [6.45, 7) is 1.48. The maximum absolute atomic E-state index is 13.5. The fourth-order valence-electron chi connectivity index (χ4n) is 1.68. The van der Waals surface area contributed by atoms with Gasteiger partial charge >= 0.3 is 0 Å². The molecule has 1 heterocycles. The first kappa shape index (κ1) is 10.1. The molecule has 0 aliphatic rings. The molecule has 0 saturated heterocycles. The lowest BCUT2D eigenvalue weighted by Crippen LogP contribution is -2.03. The van der Waals surface area contributed by atoms with Gasteiger partial charge in [0.05, 0.1) is 6.26 Å². The third-order valence-corrected chi connectivity index (χ3v) is 2.45. The van der Waals surface area contributed by atoms with Gasteiger partial charge in [-0.05, 0) is 6.07 Å². The minimum absolute atomic E-state index is 0.0340.